The van der Waals surface area contributed by atoms with E-state index in [4.69, 9.17) is 9.72 Å². The number of amides is 1. The van der Waals surface area contributed by atoms with E-state index in [1.807, 2.05) is 43.3 Å². The molecular formula is C29H27N5O3. The average molecular weight is 494 g/mol. The molecule has 37 heavy (non-hydrogen) atoms. The second-order valence-electron chi connectivity index (χ2n) is 10.0. The van der Waals surface area contributed by atoms with E-state index in [1.165, 1.54) is 0 Å². The number of fused-ring (bicyclic) bond motifs is 2. The fourth-order valence-electron chi connectivity index (χ4n) is 4.38. The summed E-state index contributed by atoms with van der Waals surface area (Å²) in [6.07, 6.45) is 1.73. The Kier molecular flexibility index (Phi) is 6.20. The summed E-state index contributed by atoms with van der Waals surface area (Å²) >= 11 is 0. The molecule has 1 aromatic carbocycles. The number of rotatable bonds is 5. The molecular weight excluding hydrogens is 466 g/mol. The summed E-state index contributed by atoms with van der Waals surface area (Å²) in [7, 11) is 0. The molecule has 5 rings (SSSR count). The Bertz CT molecular complexity index is 1550. The lowest BCUT2D eigenvalue weighted by atomic mass is 9.79. The van der Waals surface area contributed by atoms with Crippen LogP contribution < -0.4 is 5.32 Å². The van der Waals surface area contributed by atoms with Crippen molar-refractivity contribution in [3.05, 3.63) is 88.9 Å². The molecule has 8 heteroatoms. The van der Waals surface area contributed by atoms with Crippen molar-refractivity contribution in [3.8, 4) is 17.5 Å². The summed E-state index contributed by atoms with van der Waals surface area (Å²) < 4.78 is 5.55. The number of aliphatic hydroxyl groups is 1. The molecule has 186 valence electrons. The zero-order valence-electron chi connectivity index (χ0n) is 20.9. The van der Waals surface area contributed by atoms with Crippen molar-refractivity contribution < 1.29 is 14.6 Å². The number of benzene rings is 1. The Morgan fingerprint density at radius 2 is 1.97 bits per heavy atom. The molecule has 0 aliphatic carbocycles. The van der Waals surface area contributed by atoms with Crippen LogP contribution in [0.4, 0.5) is 0 Å². The topological polar surface area (TPSA) is 121 Å². The predicted molar refractivity (Wildman–Crippen MR) is 138 cm³/mol. The van der Waals surface area contributed by atoms with Gasteiger partial charge in [0, 0.05) is 17.1 Å². The van der Waals surface area contributed by atoms with Crippen molar-refractivity contribution in [1.29, 1.82) is 5.26 Å². The lowest BCUT2D eigenvalue weighted by Crippen LogP contribution is -2.33. The standard InChI is InChI=1S/C29H27N5O3/c1-28(2,36)26-6-4-5-23(34-26)24-10-9-19-13-31-21(12-25(19)33-24)14-32-27(35)18-7-8-20-15-37-17-29(3,16-30)22(20)11-18/h4-13,36H,14-15,17H2,1-3H3,(H,32,35)/t29-/m1/s1. The third-order valence-electron chi connectivity index (χ3n) is 6.56. The molecule has 0 spiro atoms. The van der Waals surface area contributed by atoms with Crippen LogP contribution in [0.2, 0.25) is 0 Å². The molecule has 0 bridgehead atoms. The highest BCUT2D eigenvalue weighted by Gasteiger charge is 2.33. The Balaban J connectivity index is 1.35. The predicted octanol–water partition coefficient (Wildman–Crippen LogP) is 4.16. The van der Waals surface area contributed by atoms with Crippen LogP contribution in [0.25, 0.3) is 22.3 Å². The lowest BCUT2D eigenvalue weighted by molar-refractivity contribution is 0.0739. The fraction of sp³-hybridized carbons (Fsp3) is 0.276. The SMILES string of the molecule is CC(C)(O)c1cccc(-c2ccc3cnc(CNC(=O)c4ccc5c(c4)[C@](C)(C#N)COC5)cc3n2)n1. The van der Waals surface area contributed by atoms with Crippen molar-refractivity contribution in [2.45, 2.75) is 44.9 Å². The van der Waals surface area contributed by atoms with Gasteiger partial charge in [-0.25, -0.2) is 9.97 Å². The summed E-state index contributed by atoms with van der Waals surface area (Å²) in [6, 6.07) is 18.8. The van der Waals surface area contributed by atoms with Crippen LogP contribution in [-0.2, 0) is 28.9 Å². The quantitative estimate of drug-likeness (QED) is 0.428. The summed E-state index contributed by atoms with van der Waals surface area (Å²) in [5.74, 6) is -0.245. The number of nitrogens with one attached hydrogen (secondary N) is 1. The minimum atomic E-state index is -1.05. The fourth-order valence-corrected chi connectivity index (χ4v) is 4.38. The Morgan fingerprint density at radius 1 is 1.16 bits per heavy atom. The molecule has 1 atom stereocenters. The molecule has 1 aliphatic heterocycles. The highest BCUT2D eigenvalue weighted by Crippen LogP contribution is 2.32. The molecule has 4 heterocycles. The van der Waals surface area contributed by atoms with E-state index in [2.05, 4.69) is 21.4 Å². The Morgan fingerprint density at radius 3 is 2.76 bits per heavy atom. The first-order valence-electron chi connectivity index (χ1n) is 12.0. The van der Waals surface area contributed by atoms with Gasteiger partial charge in [-0.3, -0.25) is 9.78 Å². The zero-order valence-corrected chi connectivity index (χ0v) is 20.9. The lowest BCUT2D eigenvalue weighted by Gasteiger charge is -2.30. The molecule has 0 saturated carbocycles. The molecule has 0 radical (unpaired) electrons. The summed E-state index contributed by atoms with van der Waals surface area (Å²) in [4.78, 5) is 26.7. The van der Waals surface area contributed by atoms with Gasteiger partial charge < -0.3 is 15.2 Å². The second kappa shape index (κ2) is 9.36. The number of carbonyl (C=O) groups is 1. The molecule has 1 aliphatic rings. The normalized spacial score (nSPS) is 17.2. The smallest absolute Gasteiger partial charge is 0.251 e. The number of ether oxygens (including phenoxy) is 1. The van der Waals surface area contributed by atoms with E-state index in [-0.39, 0.29) is 12.5 Å². The maximum Gasteiger partial charge on any atom is 0.251 e. The first-order valence-corrected chi connectivity index (χ1v) is 12.0. The number of aromatic nitrogens is 3. The van der Waals surface area contributed by atoms with E-state index >= 15 is 0 Å². The van der Waals surface area contributed by atoms with Crippen molar-refractivity contribution in [3.63, 3.8) is 0 Å². The van der Waals surface area contributed by atoms with E-state index in [0.29, 0.717) is 41.6 Å². The van der Waals surface area contributed by atoms with E-state index in [9.17, 15) is 15.2 Å². The number of pyridine rings is 3. The van der Waals surface area contributed by atoms with Crippen molar-refractivity contribution in [2.24, 2.45) is 0 Å². The first kappa shape index (κ1) is 24.5. The number of nitriles is 1. The first-order chi connectivity index (χ1) is 17.7. The molecule has 0 unspecified atom stereocenters. The third kappa shape index (κ3) is 4.92. The Hall–Kier alpha value is -4.19. The van der Waals surface area contributed by atoms with Crippen LogP contribution in [0.3, 0.4) is 0 Å². The van der Waals surface area contributed by atoms with Crippen LogP contribution in [0, 0.1) is 11.3 Å². The Labute approximate surface area is 215 Å². The molecule has 0 saturated heterocycles. The molecule has 8 nitrogen and oxygen atoms in total. The van der Waals surface area contributed by atoms with Gasteiger partial charge in [0.25, 0.3) is 5.91 Å². The van der Waals surface area contributed by atoms with Gasteiger partial charge in [-0.1, -0.05) is 12.1 Å². The van der Waals surface area contributed by atoms with Crippen LogP contribution in [-0.4, -0.2) is 32.6 Å². The number of carbonyl (C=O) groups excluding carboxylic acids is 1. The third-order valence-corrected chi connectivity index (χ3v) is 6.56. The molecule has 2 N–H and O–H groups in total. The summed E-state index contributed by atoms with van der Waals surface area (Å²) in [5.41, 5.74) is 3.70. The largest absolute Gasteiger partial charge is 0.384 e. The molecule has 4 aromatic rings. The van der Waals surface area contributed by atoms with Gasteiger partial charge in [-0.15, -0.1) is 0 Å². The average Bonchev–Trinajstić information content (AvgIpc) is 2.91. The number of nitrogens with zero attached hydrogens (tertiary/aromatic N) is 4. The van der Waals surface area contributed by atoms with Crippen molar-refractivity contribution in [1.82, 2.24) is 20.3 Å². The van der Waals surface area contributed by atoms with E-state index in [0.717, 1.165) is 22.0 Å². The minimum Gasteiger partial charge on any atom is -0.384 e. The molecule has 3 aromatic heterocycles. The van der Waals surface area contributed by atoms with Gasteiger partial charge in [-0.05, 0) is 74.4 Å². The maximum atomic E-state index is 12.9. The van der Waals surface area contributed by atoms with Gasteiger partial charge in [0.15, 0.2) is 0 Å². The molecule has 1 amide bonds. The monoisotopic (exact) mass is 493 g/mol. The maximum absolute atomic E-state index is 12.9. The second-order valence-corrected chi connectivity index (χ2v) is 10.0. The van der Waals surface area contributed by atoms with Crippen LogP contribution in [0.15, 0.2) is 60.8 Å². The summed E-state index contributed by atoms with van der Waals surface area (Å²) in [5, 5.41) is 23.7. The van der Waals surface area contributed by atoms with E-state index in [1.54, 1.807) is 38.2 Å². The van der Waals surface area contributed by atoms with Gasteiger partial charge in [0.2, 0.25) is 0 Å². The van der Waals surface area contributed by atoms with Gasteiger partial charge in [0.05, 0.1) is 54.1 Å². The van der Waals surface area contributed by atoms with Crippen molar-refractivity contribution in [2.75, 3.05) is 6.61 Å². The van der Waals surface area contributed by atoms with Crippen LogP contribution >= 0.6 is 0 Å². The van der Waals surface area contributed by atoms with Gasteiger partial charge in [0.1, 0.15) is 11.0 Å². The van der Waals surface area contributed by atoms with Crippen molar-refractivity contribution >= 4 is 16.8 Å². The number of hydrogen-bond acceptors (Lipinski definition) is 7. The molecule has 0 fully saturated rings. The minimum absolute atomic E-state index is 0.225. The highest BCUT2D eigenvalue weighted by molar-refractivity contribution is 5.94. The van der Waals surface area contributed by atoms with Crippen LogP contribution in [0.1, 0.15) is 53.6 Å². The zero-order chi connectivity index (χ0) is 26.2. The number of hydrogen-bond donors (Lipinski definition) is 2. The van der Waals surface area contributed by atoms with Crippen LogP contribution in [0.5, 0.6) is 0 Å². The highest BCUT2D eigenvalue weighted by atomic mass is 16.5. The van der Waals surface area contributed by atoms with Gasteiger partial charge >= 0.3 is 0 Å². The van der Waals surface area contributed by atoms with E-state index < -0.39 is 11.0 Å². The summed E-state index contributed by atoms with van der Waals surface area (Å²) in [6.45, 7) is 6.17. The van der Waals surface area contributed by atoms with Gasteiger partial charge in [-0.2, -0.15) is 5.26 Å².